The Labute approximate surface area is 174 Å². The summed E-state index contributed by atoms with van der Waals surface area (Å²) in [4.78, 5) is 14.6. The van der Waals surface area contributed by atoms with E-state index in [0.717, 1.165) is 5.56 Å². The largest absolute Gasteiger partial charge is 0.493 e. The fourth-order valence-corrected chi connectivity index (χ4v) is 4.05. The van der Waals surface area contributed by atoms with Gasteiger partial charge >= 0.3 is 0 Å². The topological polar surface area (TPSA) is 48.0 Å². The molecule has 1 amide bonds. The van der Waals surface area contributed by atoms with Crippen LogP contribution < -0.4 is 14.2 Å². The zero-order chi connectivity index (χ0) is 19.9. The highest BCUT2D eigenvalue weighted by Crippen LogP contribution is 2.32. The summed E-state index contributed by atoms with van der Waals surface area (Å²) >= 11 is 6.57. The van der Waals surface area contributed by atoms with Gasteiger partial charge in [-0.2, -0.15) is 0 Å². The lowest BCUT2D eigenvalue weighted by Crippen LogP contribution is -2.27. The second-order valence-electron chi connectivity index (χ2n) is 5.85. The Hall–Kier alpha value is -2.51. The van der Waals surface area contributed by atoms with Crippen molar-refractivity contribution in [1.29, 1.82) is 0 Å². The minimum atomic E-state index is -0.0472. The fourth-order valence-electron chi connectivity index (χ4n) is 2.67. The molecule has 0 N–H and O–H groups in total. The Balaban J connectivity index is 1.57. The molecule has 0 aliphatic carbocycles. The van der Waals surface area contributed by atoms with Gasteiger partial charge < -0.3 is 14.2 Å². The first-order chi connectivity index (χ1) is 13.6. The van der Waals surface area contributed by atoms with Crippen LogP contribution in [-0.2, 0) is 4.79 Å². The predicted molar refractivity (Wildman–Crippen MR) is 116 cm³/mol. The van der Waals surface area contributed by atoms with Crippen molar-refractivity contribution in [1.82, 2.24) is 4.90 Å². The predicted octanol–water partition coefficient (Wildman–Crippen LogP) is 4.37. The molecule has 146 valence electrons. The van der Waals surface area contributed by atoms with Crippen LogP contribution in [0.15, 0.2) is 53.4 Å². The van der Waals surface area contributed by atoms with Crippen LogP contribution in [0.5, 0.6) is 17.2 Å². The Bertz CT molecular complexity index is 897. The van der Waals surface area contributed by atoms with Crippen LogP contribution in [0.1, 0.15) is 12.5 Å². The van der Waals surface area contributed by atoms with Crippen molar-refractivity contribution in [2.45, 2.75) is 6.92 Å². The minimum Gasteiger partial charge on any atom is -0.493 e. The van der Waals surface area contributed by atoms with Gasteiger partial charge in [-0.05, 0) is 42.8 Å². The standard InChI is InChI=1S/C21H21NO4S2/c1-3-22-20(23)19(28-21(22)27)14-15-7-6-8-16(13-15)25-11-12-26-18-10-5-4-9-17(18)24-2/h4-10,13-14H,3,11-12H2,1-2H3. The number of nitrogens with zero attached hydrogens (tertiary/aromatic N) is 1. The van der Waals surface area contributed by atoms with Gasteiger partial charge in [0.1, 0.15) is 23.3 Å². The van der Waals surface area contributed by atoms with Crippen LogP contribution in [0.2, 0.25) is 0 Å². The zero-order valence-corrected chi connectivity index (χ0v) is 17.3. The minimum absolute atomic E-state index is 0.0472. The summed E-state index contributed by atoms with van der Waals surface area (Å²) in [6, 6.07) is 15.1. The number of thioether (sulfide) groups is 1. The number of carbonyl (C=O) groups is 1. The van der Waals surface area contributed by atoms with Gasteiger partial charge in [0, 0.05) is 6.54 Å². The van der Waals surface area contributed by atoms with Crippen molar-refractivity contribution in [3.8, 4) is 17.2 Å². The number of likely N-dealkylation sites (N-methyl/N-ethyl adjacent to an activating group) is 1. The normalized spacial score (nSPS) is 15.2. The molecule has 5 nitrogen and oxygen atoms in total. The number of hydrogen-bond donors (Lipinski definition) is 0. The lowest BCUT2D eigenvalue weighted by atomic mass is 10.2. The molecular formula is C21H21NO4S2. The number of rotatable bonds is 8. The van der Waals surface area contributed by atoms with E-state index >= 15 is 0 Å². The molecule has 0 unspecified atom stereocenters. The number of para-hydroxylation sites is 2. The molecule has 1 saturated heterocycles. The van der Waals surface area contributed by atoms with Crippen LogP contribution in [0.25, 0.3) is 6.08 Å². The molecule has 0 spiro atoms. The summed E-state index contributed by atoms with van der Waals surface area (Å²) in [6.07, 6.45) is 1.84. The van der Waals surface area contributed by atoms with Crippen molar-refractivity contribution in [3.63, 3.8) is 0 Å². The quantitative estimate of drug-likeness (QED) is 0.362. The van der Waals surface area contributed by atoms with Gasteiger partial charge in [0.15, 0.2) is 11.5 Å². The summed E-state index contributed by atoms with van der Waals surface area (Å²) in [6.45, 7) is 3.27. The summed E-state index contributed by atoms with van der Waals surface area (Å²) in [5.74, 6) is 2.03. The van der Waals surface area contributed by atoms with E-state index in [2.05, 4.69) is 0 Å². The Morgan fingerprint density at radius 3 is 2.54 bits per heavy atom. The smallest absolute Gasteiger partial charge is 0.266 e. The summed E-state index contributed by atoms with van der Waals surface area (Å²) in [7, 11) is 1.61. The van der Waals surface area contributed by atoms with E-state index in [1.165, 1.54) is 11.8 Å². The van der Waals surface area contributed by atoms with E-state index in [-0.39, 0.29) is 5.91 Å². The van der Waals surface area contributed by atoms with Gasteiger partial charge in [-0.3, -0.25) is 9.69 Å². The molecular weight excluding hydrogens is 394 g/mol. The zero-order valence-electron chi connectivity index (χ0n) is 15.7. The third kappa shape index (κ3) is 4.85. The molecule has 2 aromatic rings. The van der Waals surface area contributed by atoms with Crippen LogP contribution in [0, 0.1) is 0 Å². The number of methoxy groups -OCH3 is 1. The monoisotopic (exact) mass is 415 g/mol. The van der Waals surface area contributed by atoms with Gasteiger partial charge in [0.25, 0.3) is 5.91 Å². The molecule has 1 aliphatic heterocycles. The number of ether oxygens (including phenoxy) is 3. The highest BCUT2D eigenvalue weighted by Gasteiger charge is 2.30. The lowest BCUT2D eigenvalue weighted by Gasteiger charge is -2.11. The van der Waals surface area contributed by atoms with Gasteiger partial charge in [-0.15, -0.1) is 0 Å². The first-order valence-electron chi connectivity index (χ1n) is 8.86. The number of hydrogen-bond acceptors (Lipinski definition) is 6. The van der Waals surface area contributed by atoms with E-state index in [4.69, 9.17) is 26.4 Å². The SMILES string of the molecule is CCN1C(=O)C(=Cc2cccc(OCCOc3ccccc3OC)c2)SC1=S. The molecule has 1 fully saturated rings. The molecule has 7 heteroatoms. The molecule has 1 aliphatic rings. The van der Waals surface area contributed by atoms with Crippen LogP contribution in [-0.4, -0.2) is 42.0 Å². The number of benzene rings is 2. The maximum atomic E-state index is 12.3. The number of amides is 1. The maximum absolute atomic E-state index is 12.3. The van der Waals surface area contributed by atoms with E-state index in [9.17, 15) is 4.79 Å². The van der Waals surface area contributed by atoms with E-state index in [1.807, 2.05) is 61.5 Å². The molecule has 28 heavy (non-hydrogen) atoms. The molecule has 2 aromatic carbocycles. The number of thiocarbonyl (C=S) groups is 1. The third-order valence-corrected chi connectivity index (χ3v) is 5.40. The van der Waals surface area contributed by atoms with Crippen molar-refractivity contribution in [3.05, 3.63) is 59.0 Å². The highest BCUT2D eigenvalue weighted by atomic mass is 32.2. The molecule has 1 heterocycles. The first-order valence-corrected chi connectivity index (χ1v) is 10.1. The second-order valence-corrected chi connectivity index (χ2v) is 7.52. The summed E-state index contributed by atoms with van der Waals surface area (Å²) < 4.78 is 17.3. The van der Waals surface area contributed by atoms with E-state index in [1.54, 1.807) is 12.0 Å². The molecule has 0 saturated carbocycles. The highest BCUT2D eigenvalue weighted by molar-refractivity contribution is 8.26. The van der Waals surface area contributed by atoms with Gasteiger partial charge in [-0.1, -0.05) is 48.2 Å². The van der Waals surface area contributed by atoms with Crippen molar-refractivity contribution in [2.75, 3.05) is 26.9 Å². The van der Waals surface area contributed by atoms with Gasteiger partial charge in [0.2, 0.25) is 0 Å². The summed E-state index contributed by atoms with van der Waals surface area (Å²) in [5.41, 5.74) is 0.889. The molecule has 0 aromatic heterocycles. The average Bonchev–Trinajstić information content (AvgIpc) is 2.98. The first kappa shape index (κ1) is 20.2. The molecule has 0 bridgehead atoms. The van der Waals surface area contributed by atoms with Crippen molar-refractivity contribution < 1.29 is 19.0 Å². The second kappa shape index (κ2) is 9.61. The van der Waals surface area contributed by atoms with E-state index in [0.29, 0.717) is 46.2 Å². The third-order valence-electron chi connectivity index (χ3n) is 4.02. The molecule has 3 rings (SSSR count). The Kier molecular flexibility index (Phi) is 6.95. The van der Waals surface area contributed by atoms with Crippen LogP contribution in [0.3, 0.4) is 0 Å². The van der Waals surface area contributed by atoms with Crippen molar-refractivity contribution >= 4 is 40.3 Å². The fraction of sp³-hybridized carbons (Fsp3) is 0.238. The van der Waals surface area contributed by atoms with Crippen molar-refractivity contribution in [2.24, 2.45) is 0 Å². The lowest BCUT2D eigenvalue weighted by molar-refractivity contribution is -0.121. The average molecular weight is 416 g/mol. The van der Waals surface area contributed by atoms with Gasteiger partial charge in [-0.25, -0.2) is 0 Å². The van der Waals surface area contributed by atoms with E-state index < -0.39 is 0 Å². The Morgan fingerprint density at radius 2 is 1.82 bits per heavy atom. The van der Waals surface area contributed by atoms with Crippen LogP contribution in [0.4, 0.5) is 0 Å². The number of carbonyl (C=O) groups excluding carboxylic acids is 1. The maximum Gasteiger partial charge on any atom is 0.266 e. The Morgan fingerprint density at radius 1 is 1.07 bits per heavy atom. The van der Waals surface area contributed by atoms with Crippen LogP contribution >= 0.6 is 24.0 Å². The molecule has 0 radical (unpaired) electrons. The summed E-state index contributed by atoms with van der Waals surface area (Å²) in [5, 5.41) is 0. The van der Waals surface area contributed by atoms with Gasteiger partial charge in [0.05, 0.1) is 12.0 Å². The molecule has 0 atom stereocenters.